The van der Waals surface area contributed by atoms with Crippen LogP contribution in [0.2, 0.25) is 0 Å². The monoisotopic (exact) mass is 286 g/mol. The summed E-state index contributed by atoms with van der Waals surface area (Å²) < 4.78 is 0. The van der Waals surface area contributed by atoms with Gasteiger partial charge in [0.25, 0.3) is 0 Å². The van der Waals surface area contributed by atoms with Crippen LogP contribution in [0.3, 0.4) is 0 Å². The Kier molecular flexibility index (Phi) is 6.80. The minimum Gasteiger partial charge on any atom is -0.0654 e. The number of benzene rings is 1. The fourth-order valence-electron chi connectivity index (χ4n) is 3.84. The van der Waals surface area contributed by atoms with Crippen LogP contribution in [-0.2, 0) is 19.3 Å². The van der Waals surface area contributed by atoms with Gasteiger partial charge in [-0.05, 0) is 67.2 Å². The van der Waals surface area contributed by atoms with Crippen molar-refractivity contribution >= 4 is 0 Å². The number of aryl methyl sites for hydroxylation is 3. The predicted octanol–water partition coefficient (Wildman–Crippen LogP) is 6.41. The summed E-state index contributed by atoms with van der Waals surface area (Å²) in [5, 5.41) is 0. The molecule has 1 saturated carbocycles. The summed E-state index contributed by atoms with van der Waals surface area (Å²) in [7, 11) is 0. The molecule has 0 unspecified atom stereocenters. The van der Waals surface area contributed by atoms with Crippen LogP contribution in [0.4, 0.5) is 0 Å². The first-order chi connectivity index (χ1) is 10.2. The van der Waals surface area contributed by atoms with E-state index in [0.717, 1.165) is 5.92 Å². The van der Waals surface area contributed by atoms with Crippen LogP contribution in [0, 0.1) is 12.8 Å². The zero-order chi connectivity index (χ0) is 15.1. The van der Waals surface area contributed by atoms with Gasteiger partial charge in [0.15, 0.2) is 0 Å². The molecule has 1 aromatic carbocycles. The first kappa shape index (κ1) is 16.6. The molecular weight excluding hydrogens is 252 g/mol. The molecule has 0 N–H and O–H groups in total. The topological polar surface area (TPSA) is 0 Å². The highest BCUT2D eigenvalue weighted by molar-refractivity contribution is 5.39. The van der Waals surface area contributed by atoms with E-state index in [1.165, 1.54) is 70.6 Å². The Morgan fingerprint density at radius 3 is 2.24 bits per heavy atom. The van der Waals surface area contributed by atoms with Gasteiger partial charge in [0.05, 0.1) is 0 Å². The van der Waals surface area contributed by atoms with Gasteiger partial charge >= 0.3 is 0 Å². The summed E-state index contributed by atoms with van der Waals surface area (Å²) in [6.07, 6.45) is 15.2. The van der Waals surface area contributed by atoms with E-state index in [0.29, 0.717) is 0 Å². The Balaban J connectivity index is 2.05. The third-order valence-corrected chi connectivity index (χ3v) is 5.44. The zero-order valence-electron chi connectivity index (χ0n) is 14.5. The van der Waals surface area contributed by atoms with Crippen molar-refractivity contribution < 1.29 is 0 Å². The minimum atomic E-state index is 1.00. The molecule has 1 aliphatic carbocycles. The maximum absolute atomic E-state index is 2.49. The van der Waals surface area contributed by atoms with E-state index in [4.69, 9.17) is 0 Å². The molecule has 0 nitrogen and oxygen atoms in total. The van der Waals surface area contributed by atoms with Gasteiger partial charge in [-0.1, -0.05) is 64.5 Å². The maximum atomic E-state index is 2.49. The van der Waals surface area contributed by atoms with E-state index in [9.17, 15) is 0 Å². The Morgan fingerprint density at radius 2 is 1.62 bits per heavy atom. The molecule has 0 aromatic heterocycles. The largest absolute Gasteiger partial charge is 0.0654 e. The lowest BCUT2D eigenvalue weighted by Gasteiger charge is -2.22. The summed E-state index contributed by atoms with van der Waals surface area (Å²) in [5.74, 6) is 1.00. The molecule has 21 heavy (non-hydrogen) atoms. The van der Waals surface area contributed by atoms with Crippen LogP contribution in [0.15, 0.2) is 12.1 Å². The van der Waals surface area contributed by atoms with E-state index in [2.05, 4.69) is 32.9 Å². The van der Waals surface area contributed by atoms with E-state index in [1.807, 2.05) is 0 Å². The third kappa shape index (κ3) is 4.87. The van der Waals surface area contributed by atoms with Crippen LogP contribution in [0.25, 0.3) is 0 Å². The van der Waals surface area contributed by atoms with Crippen LogP contribution in [0.5, 0.6) is 0 Å². The Labute approximate surface area is 132 Å². The first-order valence-electron chi connectivity index (χ1n) is 9.35. The van der Waals surface area contributed by atoms with Gasteiger partial charge in [-0.15, -0.1) is 0 Å². The van der Waals surface area contributed by atoms with Gasteiger partial charge < -0.3 is 0 Å². The van der Waals surface area contributed by atoms with E-state index in [1.54, 1.807) is 22.3 Å². The van der Waals surface area contributed by atoms with Crippen molar-refractivity contribution in [3.05, 3.63) is 34.4 Å². The lowest BCUT2D eigenvalue weighted by Crippen LogP contribution is -2.08. The van der Waals surface area contributed by atoms with Crippen molar-refractivity contribution in [3.8, 4) is 0 Å². The molecule has 0 heteroatoms. The number of hydrogen-bond donors (Lipinski definition) is 0. The highest BCUT2D eigenvalue weighted by atomic mass is 14.2. The van der Waals surface area contributed by atoms with E-state index in [-0.39, 0.29) is 0 Å². The van der Waals surface area contributed by atoms with E-state index < -0.39 is 0 Å². The second kappa shape index (κ2) is 8.61. The normalized spacial score (nSPS) is 16.3. The highest BCUT2D eigenvalue weighted by Crippen LogP contribution is 2.29. The molecular formula is C21H34. The minimum absolute atomic E-state index is 1.00. The molecule has 0 spiro atoms. The molecule has 118 valence electrons. The van der Waals surface area contributed by atoms with Gasteiger partial charge in [0.1, 0.15) is 0 Å². The molecule has 0 saturated heterocycles. The summed E-state index contributed by atoms with van der Waals surface area (Å²) in [6, 6.07) is 4.96. The molecule has 0 bridgehead atoms. The smallest absolute Gasteiger partial charge is 0.0273 e. The van der Waals surface area contributed by atoms with Gasteiger partial charge in [-0.3, -0.25) is 0 Å². The standard InChI is InChI=1S/C21H34/c1-4-6-12-20-15-18(5-2)16-21(17(20)3)14-13-19-10-8-7-9-11-19/h15-16,19H,4-14H2,1-3H3. The molecule has 2 rings (SSSR count). The van der Waals surface area contributed by atoms with Gasteiger partial charge in [0, 0.05) is 0 Å². The van der Waals surface area contributed by atoms with Crippen LogP contribution >= 0.6 is 0 Å². The third-order valence-electron chi connectivity index (χ3n) is 5.44. The second-order valence-electron chi connectivity index (χ2n) is 7.04. The van der Waals surface area contributed by atoms with Crippen LogP contribution in [0.1, 0.15) is 87.5 Å². The Bertz CT molecular complexity index is 424. The van der Waals surface area contributed by atoms with Gasteiger partial charge in [-0.2, -0.15) is 0 Å². The van der Waals surface area contributed by atoms with Crippen molar-refractivity contribution in [1.29, 1.82) is 0 Å². The molecule has 0 atom stereocenters. The van der Waals surface area contributed by atoms with Crippen molar-refractivity contribution in [2.24, 2.45) is 5.92 Å². The lowest BCUT2D eigenvalue weighted by atomic mass is 9.84. The van der Waals surface area contributed by atoms with Crippen molar-refractivity contribution in [2.45, 2.75) is 91.4 Å². The first-order valence-corrected chi connectivity index (χ1v) is 9.35. The SMILES string of the molecule is CCCCc1cc(CC)cc(CCC2CCCCC2)c1C. The molecule has 1 fully saturated rings. The molecule has 0 amide bonds. The molecule has 0 heterocycles. The fourth-order valence-corrected chi connectivity index (χ4v) is 3.84. The molecule has 0 aliphatic heterocycles. The quantitative estimate of drug-likeness (QED) is 0.543. The average Bonchev–Trinajstić information content (AvgIpc) is 2.53. The summed E-state index contributed by atoms with van der Waals surface area (Å²) >= 11 is 0. The second-order valence-corrected chi connectivity index (χ2v) is 7.04. The summed E-state index contributed by atoms with van der Waals surface area (Å²) in [4.78, 5) is 0. The van der Waals surface area contributed by atoms with E-state index >= 15 is 0 Å². The zero-order valence-corrected chi connectivity index (χ0v) is 14.5. The highest BCUT2D eigenvalue weighted by Gasteiger charge is 2.14. The molecule has 1 aromatic rings. The maximum Gasteiger partial charge on any atom is -0.0273 e. The number of hydrogen-bond acceptors (Lipinski definition) is 0. The van der Waals surface area contributed by atoms with Crippen LogP contribution < -0.4 is 0 Å². The predicted molar refractivity (Wildman–Crippen MR) is 94.1 cm³/mol. The van der Waals surface area contributed by atoms with Crippen LogP contribution in [-0.4, -0.2) is 0 Å². The Morgan fingerprint density at radius 1 is 0.952 bits per heavy atom. The average molecular weight is 287 g/mol. The van der Waals surface area contributed by atoms with Gasteiger partial charge in [0.2, 0.25) is 0 Å². The number of unbranched alkanes of at least 4 members (excludes halogenated alkanes) is 1. The Hall–Kier alpha value is -0.780. The van der Waals surface area contributed by atoms with Gasteiger partial charge in [-0.25, -0.2) is 0 Å². The molecule has 0 radical (unpaired) electrons. The lowest BCUT2D eigenvalue weighted by molar-refractivity contribution is 0.339. The fraction of sp³-hybridized carbons (Fsp3) is 0.714. The van der Waals surface area contributed by atoms with Crippen molar-refractivity contribution in [2.75, 3.05) is 0 Å². The summed E-state index contributed by atoms with van der Waals surface area (Å²) in [5.41, 5.74) is 6.41. The number of rotatable bonds is 7. The van der Waals surface area contributed by atoms with Crippen molar-refractivity contribution in [3.63, 3.8) is 0 Å². The summed E-state index contributed by atoms with van der Waals surface area (Å²) in [6.45, 7) is 6.95. The van der Waals surface area contributed by atoms with Crippen molar-refractivity contribution in [1.82, 2.24) is 0 Å². The molecule has 1 aliphatic rings.